The highest BCUT2D eigenvalue weighted by Gasteiger charge is 2.55. The van der Waals surface area contributed by atoms with E-state index in [9.17, 15) is 4.39 Å². The molecule has 1 unspecified atom stereocenters. The predicted octanol–water partition coefficient (Wildman–Crippen LogP) is 3.37. The molecule has 0 amide bonds. The van der Waals surface area contributed by atoms with Gasteiger partial charge in [-0.3, -0.25) is 0 Å². The molecule has 5 nitrogen and oxygen atoms in total. The van der Waals surface area contributed by atoms with E-state index in [0.717, 1.165) is 19.3 Å². The standard InChI is InChI=1S/C16H23FO5/c1-4-6-11-12(19-9-10-7-8-18-14(10)17)13-15(20-11)22-16(3,5-2)21-13/h7-8,11-13,15H,4-6,9H2,1-3H3/t11-,12+,13-,15-,16?/m1/s1. The van der Waals surface area contributed by atoms with Gasteiger partial charge in [-0.05, 0) is 25.8 Å². The van der Waals surface area contributed by atoms with Crippen LogP contribution in [0.1, 0.15) is 45.6 Å². The van der Waals surface area contributed by atoms with E-state index >= 15 is 0 Å². The molecular weight excluding hydrogens is 291 g/mol. The lowest BCUT2D eigenvalue weighted by Gasteiger charge is -2.27. The van der Waals surface area contributed by atoms with Crippen molar-refractivity contribution in [3.8, 4) is 0 Å². The van der Waals surface area contributed by atoms with Gasteiger partial charge >= 0.3 is 0 Å². The minimum absolute atomic E-state index is 0.101. The summed E-state index contributed by atoms with van der Waals surface area (Å²) in [6.07, 6.45) is 2.79. The molecule has 22 heavy (non-hydrogen) atoms. The quantitative estimate of drug-likeness (QED) is 0.806. The van der Waals surface area contributed by atoms with Crippen molar-refractivity contribution >= 4 is 0 Å². The van der Waals surface area contributed by atoms with E-state index in [1.54, 1.807) is 6.07 Å². The van der Waals surface area contributed by atoms with Crippen LogP contribution in [0.5, 0.6) is 0 Å². The van der Waals surface area contributed by atoms with Crippen LogP contribution in [0.4, 0.5) is 4.39 Å². The Bertz CT molecular complexity index is 504. The molecule has 0 aromatic carbocycles. The fourth-order valence-corrected chi connectivity index (χ4v) is 2.97. The van der Waals surface area contributed by atoms with Crippen LogP contribution >= 0.6 is 0 Å². The second kappa shape index (κ2) is 6.28. The maximum Gasteiger partial charge on any atom is 0.283 e. The largest absolute Gasteiger partial charge is 0.439 e. The zero-order valence-electron chi connectivity index (χ0n) is 13.2. The molecule has 1 aromatic heterocycles. The number of halogens is 1. The third kappa shape index (κ3) is 2.93. The molecule has 2 aliphatic heterocycles. The molecule has 2 fully saturated rings. The van der Waals surface area contributed by atoms with Crippen molar-refractivity contribution in [2.45, 2.75) is 77.0 Å². The lowest BCUT2D eigenvalue weighted by Crippen LogP contribution is -2.37. The molecular formula is C16H23FO5. The van der Waals surface area contributed by atoms with Crippen LogP contribution in [0, 0.1) is 6.01 Å². The molecule has 3 heterocycles. The monoisotopic (exact) mass is 314 g/mol. The highest BCUT2D eigenvalue weighted by molar-refractivity contribution is 5.06. The summed E-state index contributed by atoms with van der Waals surface area (Å²) in [6.45, 7) is 6.12. The number of rotatable bonds is 6. The summed E-state index contributed by atoms with van der Waals surface area (Å²) < 4.78 is 41.8. The van der Waals surface area contributed by atoms with Crippen LogP contribution < -0.4 is 0 Å². The number of fused-ring (bicyclic) bond motifs is 1. The zero-order chi connectivity index (χ0) is 15.7. The lowest BCUT2D eigenvalue weighted by molar-refractivity contribution is -0.229. The second-order valence-electron chi connectivity index (χ2n) is 6.01. The Balaban J connectivity index is 1.69. The molecule has 0 bridgehead atoms. The van der Waals surface area contributed by atoms with E-state index in [1.807, 2.05) is 13.8 Å². The second-order valence-corrected chi connectivity index (χ2v) is 6.01. The zero-order valence-corrected chi connectivity index (χ0v) is 13.2. The van der Waals surface area contributed by atoms with Gasteiger partial charge in [-0.25, -0.2) is 0 Å². The summed E-state index contributed by atoms with van der Waals surface area (Å²) in [5.74, 6) is -0.644. The third-order valence-electron chi connectivity index (χ3n) is 4.36. The minimum atomic E-state index is -0.644. The lowest BCUT2D eigenvalue weighted by atomic mass is 10.1. The molecule has 3 rings (SSSR count). The number of hydrogen-bond donors (Lipinski definition) is 0. The van der Waals surface area contributed by atoms with Crippen molar-refractivity contribution in [3.63, 3.8) is 0 Å². The molecule has 2 saturated heterocycles. The van der Waals surface area contributed by atoms with Crippen LogP contribution in [0.15, 0.2) is 16.7 Å². The average molecular weight is 314 g/mol. The molecule has 6 heteroatoms. The van der Waals surface area contributed by atoms with E-state index in [1.165, 1.54) is 6.26 Å². The van der Waals surface area contributed by atoms with Crippen LogP contribution in [-0.2, 0) is 25.6 Å². The molecule has 0 aliphatic carbocycles. The highest BCUT2D eigenvalue weighted by atomic mass is 19.1. The van der Waals surface area contributed by atoms with Gasteiger partial charge in [0.05, 0.1) is 24.5 Å². The SMILES string of the molecule is CCC[C@H]1O[C@@H]2OC(C)(CC)O[C@@H]2[C@H]1OCc1ccoc1F. The predicted molar refractivity (Wildman–Crippen MR) is 75.5 cm³/mol. The fraction of sp³-hybridized carbons (Fsp3) is 0.750. The molecule has 5 atom stereocenters. The van der Waals surface area contributed by atoms with Crippen molar-refractivity contribution in [1.29, 1.82) is 0 Å². The first kappa shape index (κ1) is 15.9. The van der Waals surface area contributed by atoms with Crippen LogP contribution in [0.2, 0.25) is 0 Å². The van der Waals surface area contributed by atoms with Gasteiger partial charge in [0, 0.05) is 0 Å². The van der Waals surface area contributed by atoms with E-state index < -0.39 is 18.1 Å². The first-order valence-electron chi connectivity index (χ1n) is 7.91. The van der Waals surface area contributed by atoms with Gasteiger partial charge in [0.15, 0.2) is 12.1 Å². The summed E-state index contributed by atoms with van der Waals surface area (Å²) >= 11 is 0. The van der Waals surface area contributed by atoms with Gasteiger partial charge in [-0.2, -0.15) is 4.39 Å². The van der Waals surface area contributed by atoms with Gasteiger partial charge in [0.25, 0.3) is 6.01 Å². The number of ether oxygens (including phenoxy) is 4. The maximum absolute atomic E-state index is 13.4. The smallest absolute Gasteiger partial charge is 0.283 e. The van der Waals surface area contributed by atoms with Gasteiger partial charge in [0.2, 0.25) is 0 Å². The topological polar surface area (TPSA) is 50.1 Å². The summed E-state index contributed by atoms with van der Waals surface area (Å²) in [5.41, 5.74) is 0.399. The van der Waals surface area contributed by atoms with Crippen molar-refractivity contribution in [2.24, 2.45) is 0 Å². The van der Waals surface area contributed by atoms with Crippen LogP contribution in [-0.4, -0.2) is 30.4 Å². The Morgan fingerprint density at radius 3 is 2.77 bits per heavy atom. The molecule has 0 spiro atoms. The van der Waals surface area contributed by atoms with E-state index in [0.29, 0.717) is 5.56 Å². The minimum Gasteiger partial charge on any atom is -0.439 e. The van der Waals surface area contributed by atoms with Crippen molar-refractivity contribution in [1.82, 2.24) is 0 Å². The summed E-state index contributed by atoms with van der Waals surface area (Å²) in [4.78, 5) is 0. The Labute approximate surface area is 129 Å². The highest BCUT2D eigenvalue weighted by Crippen LogP contribution is 2.41. The van der Waals surface area contributed by atoms with Crippen LogP contribution in [0.25, 0.3) is 0 Å². The first-order chi connectivity index (χ1) is 10.6. The Kier molecular flexibility index (Phi) is 4.54. The summed E-state index contributed by atoms with van der Waals surface area (Å²) in [7, 11) is 0. The normalized spacial score (nSPS) is 37.6. The van der Waals surface area contributed by atoms with Gasteiger partial charge in [0.1, 0.15) is 12.2 Å². The summed E-state index contributed by atoms with van der Waals surface area (Å²) in [6, 6.07) is 0.962. The molecule has 2 aliphatic rings. The molecule has 0 N–H and O–H groups in total. The number of furan rings is 1. The van der Waals surface area contributed by atoms with Gasteiger partial charge in [-0.1, -0.05) is 20.3 Å². The molecule has 0 radical (unpaired) electrons. The molecule has 124 valence electrons. The fourth-order valence-electron chi connectivity index (χ4n) is 2.97. The van der Waals surface area contributed by atoms with Crippen molar-refractivity contribution in [2.75, 3.05) is 0 Å². The maximum atomic E-state index is 13.4. The van der Waals surface area contributed by atoms with Crippen LogP contribution in [0.3, 0.4) is 0 Å². The van der Waals surface area contributed by atoms with Gasteiger partial charge in [-0.15, -0.1) is 0 Å². The van der Waals surface area contributed by atoms with Crippen molar-refractivity contribution < 1.29 is 27.8 Å². The number of hydrogen-bond acceptors (Lipinski definition) is 5. The Morgan fingerprint density at radius 2 is 2.14 bits per heavy atom. The van der Waals surface area contributed by atoms with E-state index in [2.05, 4.69) is 11.3 Å². The van der Waals surface area contributed by atoms with E-state index in [4.69, 9.17) is 18.9 Å². The summed E-state index contributed by atoms with van der Waals surface area (Å²) in [5, 5.41) is 0. The first-order valence-corrected chi connectivity index (χ1v) is 7.91. The third-order valence-corrected chi connectivity index (χ3v) is 4.36. The Hall–Kier alpha value is -0.950. The van der Waals surface area contributed by atoms with Gasteiger partial charge < -0.3 is 23.4 Å². The Morgan fingerprint density at radius 1 is 1.32 bits per heavy atom. The molecule has 1 aromatic rings. The van der Waals surface area contributed by atoms with Crippen molar-refractivity contribution in [3.05, 3.63) is 23.9 Å². The molecule has 0 saturated carbocycles. The van der Waals surface area contributed by atoms with E-state index in [-0.39, 0.29) is 24.9 Å². The average Bonchev–Trinajstić information content (AvgIpc) is 3.12.